The van der Waals surface area contributed by atoms with Crippen molar-refractivity contribution in [2.45, 2.75) is 39.3 Å². The van der Waals surface area contributed by atoms with Crippen LogP contribution in [0.2, 0.25) is 0 Å². The number of carbonyl (C=O) groups is 3. The molecule has 1 heterocycles. The van der Waals surface area contributed by atoms with Crippen molar-refractivity contribution in [3.05, 3.63) is 35.9 Å². The van der Waals surface area contributed by atoms with E-state index in [1.807, 2.05) is 35.2 Å². The van der Waals surface area contributed by atoms with Crippen LogP contribution in [0.1, 0.15) is 32.3 Å². The van der Waals surface area contributed by atoms with Crippen LogP contribution >= 0.6 is 0 Å². The third-order valence-electron chi connectivity index (χ3n) is 4.53. The summed E-state index contributed by atoms with van der Waals surface area (Å²) in [6.07, 6.45) is 1.59. The standard InChI is InChI=1S/C19H27N3O4/c1-3-26-18(24)16-10-7-11-22(13-16)14(2)17(23)21-19(25)20-12-15-8-5-4-6-9-15/h4-6,8-9,14,16H,3,7,10-13H2,1-2H3,(H2,20,21,23,25)/t14-,16+/m0/s1. The van der Waals surface area contributed by atoms with Gasteiger partial charge in [-0.3, -0.25) is 19.8 Å². The van der Waals surface area contributed by atoms with E-state index in [9.17, 15) is 14.4 Å². The Morgan fingerprint density at radius 3 is 2.69 bits per heavy atom. The number of carbonyl (C=O) groups excluding carboxylic acids is 3. The number of rotatable bonds is 6. The Balaban J connectivity index is 1.80. The number of esters is 1. The minimum absolute atomic E-state index is 0.217. The average Bonchev–Trinajstić information content (AvgIpc) is 2.67. The number of likely N-dealkylation sites (tertiary alicyclic amines) is 1. The molecular formula is C19H27N3O4. The van der Waals surface area contributed by atoms with E-state index in [0.29, 0.717) is 19.7 Å². The van der Waals surface area contributed by atoms with Crippen LogP contribution in [0.15, 0.2) is 30.3 Å². The minimum Gasteiger partial charge on any atom is -0.466 e. The fourth-order valence-electron chi connectivity index (χ4n) is 3.02. The second-order valence-electron chi connectivity index (χ2n) is 6.42. The van der Waals surface area contributed by atoms with E-state index in [0.717, 1.165) is 24.9 Å². The molecule has 2 atom stereocenters. The first-order valence-corrected chi connectivity index (χ1v) is 9.04. The van der Waals surface area contributed by atoms with Crippen molar-refractivity contribution in [2.75, 3.05) is 19.7 Å². The second-order valence-corrected chi connectivity index (χ2v) is 6.42. The highest BCUT2D eigenvalue weighted by atomic mass is 16.5. The SMILES string of the molecule is CCOC(=O)[C@@H]1CCCN([C@@H](C)C(=O)NC(=O)NCc2ccccc2)C1. The molecule has 1 aliphatic heterocycles. The summed E-state index contributed by atoms with van der Waals surface area (Å²) in [4.78, 5) is 38.1. The smallest absolute Gasteiger partial charge is 0.321 e. The first kappa shape index (κ1) is 19.9. The lowest BCUT2D eigenvalue weighted by molar-refractivity contribution is -0.151. The number of hydrogen-bond acceptors (Lipinski definition) is 5. The number of nitrogens with zero attached hydrogens (tertiary/aromatic N) is 1. The van der Waals surface area contributed by atoms with Gasteiger partial charge in [-0.1, -0.05) is 30.3 Å². The molecule has 0 aliphatic carbocycles. The van der Waals surface area contributed by atoms with Crippen LogP contribution in [0.3, 0.4) is 0 Å². The molecule has 2 rings (SSSR count). The average molecular weight is 361 g/mol. The van der Waals surface area contributed by atoms with Crippen LogP contribution in [0, 0.1) is 5.92 Å². The predicted molar refractivity (Wildman–Crippen MR) is 97.2 cm³/mol. The third kappa shape index (κ3) is 5.84. The van der Waals surface area contributed by atoms with E-state index >= 15 is 0 Å². The molecule has 0 radical (unpaired) electrons. The summed E-state index contributed by atoms with van der Waals surface area (Å²) >= 11 is 0. The molecule has 0 aromatic heterocycles. The molecule has 142 valence electrons. The molecule has 0 spiro atoms. The van der Waals surface area contributed by atoms with Gasteiger partial charge in [-0.05, 0) is 38.8 Å². The monoisotopic (exact) mass is 361 g/mol. The normalized spacial score (nSPS) is 18.6. The number of urea groups is 1. The maximum Gasteiger partial charge on any atom is 0.321 e. The van der Waals surface area contributed by atoms with Crippen molar-refractivity contribution in [2.24, 2.45) is 5.92 Å². The van der Waals surface area contributed by atoms with Crippen LogP contribution in [0.25, 0.3) is 0 Å². The third-order valence-corrected chi connectivity index (χ3v) is 4.53. The Morgan fingerprint density at radius 1 is 1.27 bits per heavy atom. The van der Waals surface area contributed by atoms with Crippen LogP contribution in [0.4, 0.5) is 4.79 Å². The zero-order valence-corrected chi connectivity index (χ0v) is 15.4. The molecule has 7 nitrogen and oxygen atoms in total. The molecule has 0 saturated carbocycles. The summed E-state index contributed by atoms with van der Waals surface area (Å²) in [7, 11) is 0. The number of benzene rings is 1. The Bertz CT molecular complexity index is 620. The Hall–Kier alpha value is -2.41. The number of imide groups is 1. The molecule has 1 saturated heterocycles. The molecular weight excluding hydrogens is 334 g/mol. The number of hydrogen-bond donors (Lipinski definition) is 2. The zero-order valence-electron chi connectivity index (χ0n) is 15.4. The lowest BCUT2D eigenvalue weighted by Crippen LogP contribution is -2.52. The summed E-state index contributed by atoms with van der Waals surface area (Å²) in [5, 5.41) is 5.04. The van der Waals surface area contributed by atoms with Gasteiger partial charge in [0.25, 0.3) is 0 Å². The molecule has 7 heteroatoms. The van der Waals surface area contributed by atoms with Crippen molar-refractivity contribution in [3.8, 4) is 0 Å². The zero-order chi connectivity index (χ0) is 18.9. The van der Waals surface area contributed by atoms with Crippen molar-refractivity contribution >= 4 is 17.9 Å². The van der Waals surface area contributed by atoms with Gasteiger partial charge in [-0.25, -0.2) is 4.79 Å². The topological polar surface area (TPSA) is 87.7 Å². The fourth-order valence-corrected chi connectivity index (χ4v) is 3.02. The summed E-state index contributed by atoms with van der Waals surface area (Å²) < 4.78 is 5.08. The largest absolute Gasteiger partial charge is 0.466 e. The molecule has 0 unspecified atom stereocenters. The molecule has 1 aromatic rings. The Morgan fingerprint density at radius 2 is 2.00 bits per heavy atom. The number of piperidine rings is 1. The quantitative estimate of drug-likeness (QED) is 0.753. The van der Waals surface area contributed by atoms with Gasteiger partial charge in [-0.15, -0.1) is 0 Å². The minimum atomic E-state index is -0.523. The summed E-state index contributed by atoms with van der Waals surface area (Å²) in [6, 6.07) is 8.45. The van der Waals surface area contributed by atoms with Crippen molar-refractivity contribution < 1.29 is 19.1 Å². The van der Waals surface area contributed by atoms with Gasteiger partial charge < -0.3 is 10.1 Å². The fraction of sp³-hybridized carbons (Fsp3) is 0.526. The van der Waals surface area contributed by atoms with Gasteiger partial charge in [0, 0.05) is 13.1 Å². The van der Waals surface area contributed by atoms with Crippen LogP contribution in [-0.4, -0.2) is 48.5 Å². The van der Waals surface area contributed by atoms with Crippen LogP contribution in [-0.2, 0) is 20.9 Å². The highest BCUT2D eigenvalue weighted by Crippen LogP contribution is 2.19. The maximum atomic E-state index is 12.3. The number of ether oxygens (including phenoxy) is 1. The van der Waals surface area contributed by atoms with Gasteiger partial charge >= 0.3 is 12.0 Å². The lowest BCUT2D eigenvalue weighted by Gasteiger charge is -2.34. The molecule has 1 aromatic carbocycles. The predicted octanol–water partition coefficient (Wildman–Crippen LogP) is 1.68. The van der Waals surface area contributed by atoms with E-state index in [2.05, 4.69) is 10.6 Å². The lowest BCUT2D eigenvalue weighted by atomic mass is 9.97. The maximum absolute atomic E-state index is 12.3. The summed E-state index contributed by atoms with van der Waals surface area (Å²) in [5.74, 6) is -0.809. The summed E-state index contributed by atoms with van der Waals surface area (Å²) in [6.45, 7) is 5.42. The van der Waals surface area contributed by atoms with Crippen molar-refractivity contribution in [3.63, 3.8) is 0 Å². The van der Waals surface area contributed by atoms with E-state index < -0.39 is 12.1 Å². The van der Waals surface area contributed by atoms with Crippen molar-refractivity contribution in [1.82, 2.24) is 15.5 Å². The number of amides is 3. The van der Waals surface area contributed by atoms with E-state index in [-0.39, 0.29) is 17.8 Å². The van der Waals surface area contributed by atoms with Gasteiger partial charge in [0.15, 0.2) is 0 Å². The molecule has 1 aliphatic rings. The molecule has 3 amide bonds. The first-order chi connectivity index (χ1) is 12.5. The van der Waals surface area contributed by atoms with E-state index in [1.54, 1.807) is 13.8 Å². The molecule has 26 heavy (non-hydrogen) atoms. The number of nitrogens with one attached hydrogen (secondary N) is 2. The highest BCUT2D eigenvalue weighted by Gasteiger charge is 2.32. The van der Waals surface area contributed by atoms with Gasteiger partial charge in [0.1, 0.15) is 0 Å². The molecule has 0 bridgehead atoms. The van der Waals surface area contributed by atoms with Crippen molar-refractivity contribution in [1.29, 1.82) is 0 Å². The van der Waals surface area contributed by atoms with E-state index in [1.165, 1.54) is 0 Å². The van der Waals surface area contributed by atoms with Gasteiger partial charge in [0.05, 0.1) is 18.6 Å². The van der Waals surface area contributed by atoms with E-state index in [4.69, 9.17) is 4.74 Å². The molecule has 1 fully saturated rings. The van der Waals surface area contributed by atoms with Crippen LogP contribution in [0.5, 0.6) is 0 Å². The van der Waals surface area contributed by atoms with Gasteiger partial charge in [-0.2, -0.15) is 0 Å². The highest BCUT2D eigenvalue weighted by molar-refractivity contribution is 5.96. The second kappa shape index (κ2) is 9.91. The van der Waals surface area contributed by atoms with Gasteiger partial charge in [0.2, 0.25) is 5.91 Å². The first-order valence-electron chi connectivity index (χ1n) is 9.04. The summed E-state index contributed by atoms with van der Waals surface area (Å²) in [5.41, 5.74) is 0.955. The molecule has 2 N–H and O–H groups in total. The Labute approximate surface area is 154 Å². The Kier molecular flexibility index (Phi) is 7.59. The van der Waals surface area contributed by atoms with Crippen LogP contribution < -0.4 is 10.6 Å².